The Balaban J connectivity index is 0. The normalized spacial score (nSPS) is 0. The van der Waals surface area contributed by atoms with E-state index in [-0.39, 0.29) is 191 Å². The van der Waals surface area contributed by atoms with Crippen molar-refractivity contribution in [3.8, 4) is 0 Å². The molecular formula is Rb2S4W-6. The van der Waals surface area contributed by atoms with Crippen molar-refractivity contribution >= 4 is 54.0 Å². The van der Waals surface area contributed by atoms with E-state index in [1.807, 2.05) is 0 Å². The fourth-order valence-corrected chi connectivity index (χ4v) is 0. The average Bonchev–Trinajstić information content (AvgIpc) is 0. The van der Waals surface area contributed by atoms with Crippen molar-refractivity contribution in [1.82, 2.24) is 0 Å². The largest absolute Gasteiger partial charge is 2.00 e. The van der Waals surface area contributed by atoms with Crippen LogP contribution in [0.4, 0.5) is 0 Å². The molecular weight excluding hydrogens is 483 g/mol. The molecule has 0 radical (unpaired) electrons. The predicted molar refractivity (Wildman–Crippen MR) is 29.5 cm³/mol. The van der Waals surface area contributed by atoms with Crippen LogP contribution in [0.2, 0.25) is 0 Å². The summed E-state index contributed by atoms with van der Waals surface area (Å²) in [5.41, 5.74) is 0. The van der Waals surface area contributed by atoms with E-state index in [1.54, 1.807) is 0 Å². The standard InChI is InChI=1S/2Rb.4S.W/q2*+1;4*-2;. The third-order valence-electron chi connectivity index (χ3n) is 0. The van der Waals surface area contributed by atoms with Gasteiger partial charge in [-0.3, -0.25) is 0 Å². The van der Waals surface area contributed by atoms with E-state index in [0.717, 1.165) is 0 Å². The molecule has 0 fully saturated rings. The Morgan fingerprint density at radius 1 is 0.429 bits per heavy atom. The Labute approximate surface area is 185 Å². The van der Waals surface area contributed by atoms with Crippen LogP contribution in [0.15, 0.2) is 0 Å². The monoisotopic (exact) mass is 482 g/mol. The molecule has 0 aliphatic carbocycles. The zero-order valence-corrected chi connectivity index (χ0v) is 20.1. The van der Waals surface area contributed by atoms with Crippen LogP contribution in [-0.4, -0.2) is 0 Å². The maximum absolute atomic E-state index is 0. The molecule has 0 spiro atoms. The van der Waals surface area contributed by atoms with Gasteiger partial charge in [0.1, 0.15) is 0 Å². The van der Waals surface area contributed by atoms with Crippen molar-refractivity contribution in [3.05, 3.63) is 0 Å². The molecule has 7 heteroatoms. The molecule has 0 rings (SSSR count). The molecule has 38 valence electrons. The molecule has 0 aliphatic heterocycles. The second kappa shape index (κ2) is 41.2. The number of hydrogen-bond acceptors (Lipinski definition) is 0. The molecule has 0 atom stereocenters. The molecule has 0 aromatic carbocycles. The molecule has 0 bridgehead atoms. The van der Waals surface area contributed by atoms with E-state index >= 15 is 0 Å². The van der Waals surface area contributed by atoms with Gasteiger partial charge in [0.25, 0.3) is 0 Å². The van der Waals surface area contributed by atoms with Crippen LogP contribution in [0.5, 0.6) is 0 Å². The molecule has 0 heterocycles. The zero-order valence-electron chi connectivity index (χ0n) is 4.04. The number of hydrogen-bond donors (Lipinski definition) is 0. The molecule has 0 aliphatic rings. The van der Waals surface area contributed by atoms with Gasteiger partial charge in [-0.15, -0.1) is 0 Å². The molecule has 0 saturated heterocycles. The van der Waals surface area contributed by atoms with Crippen molar-refractivity contribution in [3.63, 3.8) is 0 Å². The Morgan fingerprint density at radius 2 is 0.429 bits per heavy atom. The van der Waals surface area contributed by atoms with Crippen molar-refractivity contribution < 1.29 is 137 Å². The quantitative estimate of drug-likeness (QED) is 0.322. The molecule has 0 saturated carbocycles. The maximum Gasteiger partial charge on any atom is 1.00 e. The summed E-state index contributed by atoms with van der Waals surface area (Å²) in [6.45, 7) is 0. The first-order valence-corrected chi connectivity index (χ1v) is 0. The Kier molecular flexibility index (Phi) is 315. The van der Waals surface area contributed by atoms with E-state index in [1.165, 1.54) is 0 Å². The minimum Gasteiger partial charge on any atom is -2.00 e. The smallest absolute Gasteiger partial charge is 1.00 e. The van der Waals surface area contributed by atoms with Crippen LogP contribution in [0.3, 0.4) is 0 Å². The molecule has 0 nitrogen and oxygen atoms in total. The fourth-order valence-electron chi connectivity index (χ4n) is 0. The Hall–Kier alpha value is 5.70. The molecule has 0 aromatic heterocycles. The summed E-state index contributed by atoms with van der Waals surface area (Å²) >= 11 is 0. The van der Waals surface area contributed by atoms with Crippen LogP contribution in [0.1, 0.15) is 0 Å². The minimum absolute atomic E-state index is 0. The van der Waals surface area contributed by atoms with Crippen molar-refractivity contribution in [2.24, 2.45) is 0 Å². The van der Waals surface area contributed by atoms with E-state index < -0.39 is 0 Å². The summed E-state index contributed by atoms with van der Waals surface area (Å²) in [6.07, 6.45) is 0. The SMILES string of the molecule is [Rb+].[Rb+].[S-2].[S-2].[S-2].[S-2].[W]. The van der Waals surface area contributed by atoms with Crippen molar-refractivity contribution in [1.29, 1.82) is 0 Å². The maximum atomic E-state index is 0. The summed E-state index contributed by atoms with van der Waals surface area (Å²) in [6, 6.07) is 0. The summed E-state index contributed by atoms with van der Waals surface area (Å²) in [5.74, 6) is 0. The third kappa shape index (κ3) is 33.9. The average molecular weight is 483 g/mol. The van der Waals surface area contributed by atoms with Crippen LogP contribution in [0.25, 0.3) is 0 Å². The first kappa shape index (κ1) is 53.5. The summed E-state index contributed by atoms with van der Waals surface area (Å²) < 4.78 is 0. The molecule has 7 heavy (non-hydrogen) atoms. The minimum atomic E-state index is 0. The van der Waals surface area contributed by atoms with Crippen LogP contribution in [-0.2, 0) is 75.0 Å². The van der Waals surface area contributed by atoms with Gasteiger partial charge < -0.3 is 54.0 Å². The first-order valence-electron chi connectivity index (χ1n) is 0. The van der Waals surface area contributed by atoms with Gasteiger partial charge in [-0.05, 0) is 0 Å². The number of rotatable bonds is 0. The molecule has 0 N–H and O–H groups in total. The van der Waals surface area contributed by atoms with E-state index in [2.05, 4.69) is 0 Å². The second-order valence-corrected chi connectivity index (χ2v) is 0. The Morgan fingerprint density at radius 3 is 0.429 bits per heavy atom. The van der Waals surface area contributed by atoms with Crippen LogP contribution in [0, 0.1) is 0 Å². The first-order chi connectivity index (χ1) is 0. The van der Waals surface area contributed by atoms with E-state index in [9.17, 15) is 0 Å². The van der Waals surface area contributed by atoms with Gasteiger partial charge >= 0.3 is 116 Å². The van der Waals surface area contributed by atoms with Gasteiger partial charge in [-0.2, -0.15) is 0 Å². The molecule has 0 aromatic rings. The summed E-state index contributed by atoms with van der Waals surface area (Å²) in [7, 11) is 0. The van der Waals surface area contributed by atoms with Crippen molar-refractivity contribution in [2.45, 2.75) is 0 Å². The van der Waals surface area contributed by atoms with Gasteiger partial charge in [-0.25, -0.2) is 0 Å². The topological polar surface area (TPSA) is 0 Å². The molecule has 0 amide bonds. The van der Waals surface area contributed by atoms with Gasteiger partial charge in [0.15, 0.2) is 0 Å². The van der Waals surface area contributed by atoms with Crippen LogP contribution >= 0.6 is 0 Å². The predicted octanol–water partition coefficient (Wildman–Crippen LogP) is -6.00. The molecule has 0 unspecified atom stereocenters. The van der Waals surface area contributed by atoms with E-state index in [0.29, 0.717) is 0 Å². The van der Waals surface area contributed by atoms with Crippen molar-refractivity contribution in [2.75, 3.05) is 0 Å². The Bertz CT molecular complexity index is 9.65. The van der Waals surface area contributed by atoms with Gasteiger partial charge in [-0.1, -0.05) is 0 Å². The zero-order chi connectivity index (χ0) is 0. The van der Waals surface area contributed by atoms with E-state index in [4.69, 9.17) is 0 Å². The van der Waals surface area contributed by atoms with Gasteiger partial charge in [0, 0.05) is 21.1 Å². The van der Waals surface area contributed by atoms with Gasteiger partial charge in [0.2, 0.25) is 0 Å². The summed E-state index contributed by atoms with van der Waals surface area (Å²) in [5, 5.41) is 0. The summed E-state index contributed by atoms with van der Waals surface area (Å²) in [4.78, 5) is 0. The fraction of sp³-hybridized carbons (Fsp3) is 0. The third-order valence-corrected chi connectivity index (χ3v) is 0. The second-order valence-electron chi connectivity index (χ2n) is 0. The van der Waals surface area contributed by atoms with Crippen LogP contribution < -0.4 is 116 Å². The van der Waals surface area contributed by atoms with Gasteiger partial charge in [0.05, 0.1) is 0 Å².